The molecule has 1 aromatic heterocycles. The van der Waals surface area contributed by atoms with Gasteiger partial charge in [0.2, 0.25) is 5.91 Å². The monoisotopic (exact) mass is 341 g/mol. The first-order valence-corrected chi connectivity index (χ1v) is 9.17. The lowest BCUT2D eigenvalue weighted by atomic mass is 9.92. The van der Waals surface area contributed by atoms with Crippen molar-refractivity contribution in [2.24, 2.45) is 11.8 Å². The third-order valence-corrected chi connectivity index (χ3v) is 5.16. The Kier molecular flexibility index (Phi) is 5.54. The van der Waals surface area contributed by atoms with Gasteiger partial charge in [0.1, 0.15) is 11.9 Å². The highest BCUT2D eigenvalue weighted by atomic mass is 16.2. The summed E-state index contributed by atoms with van der Waals surface area (Å²) in [6.45, 7) is 9.99. The maximum Gasteiger partial charge on any atom is 0.236 e. The number of carbonyl (C=O) groups is 1. The summed E-state index contributed by atoms with van der Waals surface area (Å²) in [6.07, 6.45) is 2.94. The molecule has 134 valence electrons. The number of piperidine rings is 1. The smallest absolute Gasteiger partial charge is 0.236 e. The molecular formula is C19H27N5O. The van der Waals surface area contributed by atoms with Gasteiger partial charge in [0.15, 0.2) is 0 Å². The topological polar surface area (TPSA) is 63.5 Å². The number of hydrogen-bond acceptors (Lipinski definition) is 5. The van der Waals surface area contributed by atoms with Crippen molar-refractivity contribution in [2.45, 2.75) is 20.3 Å². The van der Waals surface area contributed by atoms with Crippen LogP contribution in [0, 0.1) is 23.2 Å². The zero-order valence-corrected chi connectivity index (χ0v) is 15.2. The standard InChI is InChI=1S/C19H27N5O/c1-15-10-16(2)13-24(12-15)18(25)14-22-6-8-23(9-7-22)19-17(11-20)4-3-5-21-19/h3-5,15-16H,6-10,12-14H2,1-2H3/t15-,16-/m1/s1. The highest BCUT2D eigenvalue weighted by molar-refractivity contribution is 5.78. The first-order valence-electron chi connectivity index (χ1n) is 9.17. The molecule has 2 fully saturated rings. The summed E-state index contributed by atoms with van der Waals surface area (Å²) >= 11 is 0. The number of aromatic nitrogens is 1. The van der Waals surface area contributed by atoms with Crippen molar-refractivity contribution in [3.8, 4) is 6.07 Å². The number of carbonyl (C=O) groups excluding carboxylic acids is 1. The number of likely N-dealkylation sites (tertiary alicyclic amines) is 1. The zero-order chi connectivity index (χ0) is 17.8. The van der Waals surface area contributed by atoms with Crippen molar-refractivity contribution in [1.82, 2.24) is 14.8 Å². The number of rotatable bonds is 3. The van der Waals surface area contributed by atoms with Crippen LogP contribution in [0.1, 0.15) is 25.8 Å². The van der Waals surface area contributed by atoms with Crippen LogP contribution in [0.4, 0.5) is 5.82 Å². The minimum atomic E-state index is 0.252. The molecule has 0 bridgehead atoms. The molecule has 25 heavy (non-hydrogen) atoms. The Balaban J connectivity index is 1.53. The van der Waals surface area contributed by atoms with E-state index in [4.69, 9.17) is 0 Å². The second-order valence-corrected chi connectivity index (χ2v) is 7.49. The highest BCUT2D eigenvalue weighted by Gasteiger charge is 2.28. The van der Waals surface area contributed by atoms with Crippen LogP contribution in [-0.2, 0) is 4.79 Å². The molecule has 1 amide bonds. The third-order valence-electron chi connectivity index (χ3n) is 5.16. The predicted octanol–water partition coefficient (Wildman–Crippen LogP) is 1.58. The maximum atomic E-state index is 12.6. The Morgan fingerprint density at radius 1 is 1.24 bits per heavy atom. The van der Waals surface area contributed by atoms with Gasteiger partial charge < -0.3 is 9.80 Å². The summed E-state index contributed by atoms with van der Waals surface area (Å²) in [6, 6.07) is 5.80. The van der Waals surface area contributed by atoms with Crippen LogP contribution < -0.4 is 4.90 Å². The fourth-order valence-electron chi connectivity index (χ4n) is 4.01. The maximum absolute atomic E-state index is 12.6. The van der Waals surface area contributed by atoms with Gasteiger partial charge in [-0.05, 0) is 30.4 Å². The largest absolute Gasteiger partial charge is 0.353 e. The van der Waals surface area contributed by atoms with E-state index in [0.29, 0.717) is 23.9 Å². The first-order chi connectivity index (χ1) is 12.1. The molecule has 2 aliphatic heterocycles. The van der Waals surface area contributed by atoms with Crippen LogP contribution in [0.2, 0.25) is 0 Å². The molecular weight excluding hydrogens is 314 g/mol. The number of pyridine rings is 1. The van der Waals surface area contributed by atoms with Crippen LogP contribution in [0.25, 0.3) is 0 Å². The van der Waals surface area contributed by atoms with Crippen molar-refractivity contribution in [2.75, 3.05) is 50.7 Å². The number of nitrogens with zero attached hydrogens (tertiary/aromatic N) is 5. The van der Waals surface area contributed by atoms with Gasteiger partial charge in [0, 0.05) is 45.5 Å². The summed E-state index contributed by atoms with van der Waals surface area (Å²) in [5.41, 5.74) is 0.614. The molecule has 3 heterocycles. The van der Waals surface area contributed by atoms with E-state index in [1.54, 1.807) is 18.3 Å². The second-order valence-electron chi connectivity index (χ2n) is 7.49. The van der Waals surface area contributed by atoms with Gasteiger partial charge in [-0.15, -0.1) is 0 Å². The summed E-state index contributed by atoms with van der Waals surface area (Å²) in [7, 11) is 0. The van der Waals surface area contributed by atoms with Gasteiger partial charge in [0.25, 0.3) is 0 Å². The Labute approximate surface area is 150 Å². The van der Waals surface area contributed by atoms with E-state index in [1.165, 1.54) is 6.42 Å². The SMILES string of the molecule is C[C@@H]1C[C@@H](C)CN(C(=O)CN2CCN(c3ncccc3C#N)CC2)C1. The Morgan fingerprint density at radius 3 is 2.56 bits per heavy atom. The molecule has 3 rings (SSSR count). The predicted molar refractivity (Wildman–Crippen MR) is 97.1 cm³/mol. The molecule has 6 heteroatoms. The molecule has 2 saturated heterocycles. The number of hydrogen-bond donors (Lipinski definition) is 0. The molecule has 0 saturated carbocycles. The van der Waals surface area contributed by atoms with E-state index in [0.717, 1.165) is 45.1 Å². The Morgan fingerprint density at radius 2 is 1.92 bits per heavy atom. The van der Waals surface area contributed by atoms with Crippen molar-refractivity contribution in [3.63, 3.8) is 0 Å². The van der Waals surface area contributed by atoms with Crippen molar-refractivity contribution in [3.05, 3.63) is 23.9 Å². The molecule has 1 aromatic rings. The van der Waals surface area contributed by atoms with E-state index in [9.17, 15) is 10.1 Å². The third kappa shape index (κ3) is 4.29. The number of nitriles is 1. The number of piperazine rings is 1. The lowest BCUT2D eigenvalue weighted by Crippen LogP contribution is -2.52. The van der Waals surface area contributed by atoms with E-state index in [2.05, 4.69) is 34.7 Å². The zero-order valence-electron chi connectivity index (χ0n) is 15.2. The van der Waals surface area contributed by atoms with E-state index < -0.39 is 0 Å². The molecule has 2 atom stereocenters. The summed E-state index contributed by atoms with van der Waals surface area (Å²) in [4.78, 5) is 23.4. The highest BCUT2D eigenvalue weighted by Crippen LogP contribution is 2.22. The van der Waals surface area contributed by atoms with E-state index in [-0.39, 0.29) is 5.91 Å². The normalized spacial score (nSPS) is 24.8. The molecule has 0 spiro atoms. The Bertz CT molecular complexity index is 637. The second kappa shape index (κ2) is 7.83. The van der Waals surface area contributed by atoms with Crippen LogP contribution in [0.3, 0.4) is 0 Å². The van der Waals surface area contributed by atoms with Gasteiger partial charge in [0.05, 0.1) is 12.1 Å². The first kappa shape index (κ1) is 17.7. The lowest BCUT2D eigenvalue weighted by molar-refractivity contribution is -0.135. The quantitative estimate of drug-likeness (QED) is 0.835. The molecule has 0 N–H and O–H groups in total. The molecule has 6 nitrogen and oxygen atoms in total. The Hall–Kier alpha value is -2.13. The molecule has 0 aromatic carbocycles. The van der Waals surface area contributed by atoms with Crippen molar-refractivity contribution < 1.29 is 4.79 Å². The van der Waals surface area contributed by atoms with Gasteiger partial charge in [-0.3, -0.25) is 9.69 Å². The van der Waals surface area contributed by atoms with Gasteiger partial charge in [-0.2, -0.15) is 5.26 Å². The molecule has 0 aliphatic carbocycles. The van der Waals surface area contributed by atoms with E-state index in [1.807, 2.05) is 4.90 Å². The van der Waals surface area contributed by atoms with E-state index >= 15 is 0 Å². The minimum absolute atomic E-state index is 0.252. The van der Waals surface area contributed by atoms with Crippen LogP contribution in [0.5, 0.6) is 0 Å². The molecule has 2 aliphatic rings. The molecule has 0 radical (unpaired) electrons. The molecule has 0 unspecified atom stereocenters. The summed E-state index contributed by atoms with van der Waals surface area (Å²) in [5, 5.41) is 9.23. The van der Waals surface area contributed by atoms with Crippen LogP contribution in [-0.4, -0.2) is 66.5 Å². The number of anilines is 1. The number of amides is 1. The van der Waals surface area contributed by atoms with Crippen LogP contribution in [0.15, 0.2) is 18.3 Å². The van der Waals surface area contributed by atoms with Crippen molar-refractivity contribution >= 4 is 11.7 Å². The van der Waals surface area contributed by atoms with Crippen molar-refractivity contribution in [1.29, 1.82) is 5.26 Å². The lowest BCUT2D eigenvalue weighted by Gasteiger charge is -2.38. The fourth-order valence-corrected chi connectivity index (χ4v) is 4.01. The minimum Gasteiger partial charge on any atom is -0.353 e. The van der Waals surface area contributed by atoms with Gasteiger partial charge in [-0.1, -0.05) is 13.8 Å². The average Bonchev–Trinajstić information content (AvgIpc) is 2.61. The van der Waals surface area contributed by atoms with Crippen LogP contribution >= 0.6 is 0 Å². The van der Waals surface area contributed by atoms with Gasteiger partial charge in [-0.25, -0.2) is 4.98 Å². The van der Waals surface area contributed by atoms with Gasteiger partial charge >= 0.3 is 0 Å². The summed E-state index contributed by atoms with van der Waals surface area (Å²) in [5.74, 6) is 2.20. The fraction of sp³-hybridized carbons (Fsp3) is 0.632. The average molecular weight is 341 g/mol. The summed E-state index contributed by atoms with van der Waals surface area (Å²) < 4.78 is 0.